The Balaban J connectivity index is 1.66. The molecule has 1 saturated carbocycles. The lowest BCUT2D eigenvalue weighted by Crippen LogP contribution is -2.24. The van der Waals surface area contributed by atoms with Gasteiger partial charge in [-0.2, -0.15) is 0 Å². The van der Waals surface area contributed by atoms with Crippen LogP contribution in [0.3, 0.4) is 0 Å². The van der Waals surface area contributed by atoms with E-state index in [4.69, 9.17) is 4.42 Å². The number of aromatic nitrogens is 4. The lowest BCUT2D eigenvalue weighted by atomic mass is 9.83. The second-order valence-corrected chi connectivity index (χ2v) is 7.27. The van der Waals surface area contributed by atoms with Crippen molar-refractivity contribution in [3.05, 3.63) is 63.0 Å². The third-order valence-corrected chi connectivity index (χ3v) is 5.42. The molecule has 144 valence electrons. The van der Waals surface area contributed by atoms with Gasteiger partial charge in [-0.1, -0.05) is 6.42 Å². The average molecular weight is 379 g/mol. The lowest BCUT2D eigenvalue weighted by Gasteiger charge is -2.24. The van der Waals surface area contributed by atoms with Gasteiger partial charge in [0.25, 0.3) is 5.91 Å². The first-order valence-electron chi connectivity index (χ1n) is 9.24. The third kappa shape index (κ3) is 3.21. The molecule has 0 atom stereocenters. The highest BCUT2D eigenvalue weighted by Crippen LogP contribution is 2.36. The van der Waals surface area contributed by atoms with Gasteiger partial charge in [-0.05, 0) is 78.9 Å². The fraction of sp³-hybridized carbons (Fsp3) is 0.350. The molecule has 1 amide bonds. The first-order valence-corrected chi connectivity index (χ1v) is 9.24. The van der Waals surface area contributed by atoms with Gasteiger partial charge < -0.3 is 9.73 Å². The number of tetrazole rings is 1. The Labute approximate surface area is 161 Å². The van der Waals surface area contributed by atoms with Gasteiger partial charge in [0.2, 0.25) is 0 Å². The summed E-state index contributed by atoms with van der Waals surface area (Å²) in [5.41, 5.74) is 3.25. The molecule has 0 aliphatic heterocycles. The molecule has 8 nitrogen and oxygen atoms in total. The Morgan fingerprint density at radius 3 is 2.57 bits per heavy atom. The van der Waals surface area contributed by atoms with Crippen LogP contribution in [0, 0.1) is 20.8 Å². The van der Waals surface area contributed by atoms with E-state index in [0.717, 1.165) is 30.4 Å². The Bertz CT molecular complexity index is 1100. The summed E-state index contributed by atoms with van der Waals surface area (Å²) < 4.78 is 6.95. The number of anilines is 1. The van der Waals surface area contributed by atoms with Gasteiger partial charge in [-0.15, -0.1) is 5.10 Å². The normalized spacial score (nSPS) is 14.0. The first-order chi connectivity index (χ1) is 13.4. The summed E-state index contributed by atoms with van der Waals surface area (Å²) in [6, 6.07) is 5.51. The van der Waals surface area contributed by atoms with Crippen LogP contribution in [0.5, 0.6) is 0 Å². The minimum Gasteiger partial charge on any atom is -0.427 e. The van der Waals surface area contributed by atoms with E-state index in [-0.39, 0.29) is 5.56 Å². The summed E-state index contributed by atoms with van der Waals surface area (Å²) in [6.07, 6.45) is 4.67. The van der Waals surface area contributed by atoms with Crippen molar-refractivity contribution < 1.29 is 9.21 Å². The zero-order chi connectivity index (χ0) is 19.8. The number of amides is 1. The third-order valence-electron chi connectivity index (χ3n) is 5.42. The fourth-order valence-electron chi connectivity index (χ4n) is 3.37. The average Bonchev–Trinajstić information content (AvgIpc) is 3.11. The molecule has 0 unspecified atom stereocenters. The Morgan fingerprint density at radius 2 is 1.96 bits per heavy atom. The SMILES string of the molecule is Cc1cc(-n2cnnn2)cc(NC(=O)c2c(C)cc(C3CCC3)oc2=O)c1C. The van der Waals surface area contributed by atoms with Gasteiger partial charge in [0, 0.05) is 11.6 Å². The highest BCUT2D eigenvalue weighted by Gasteiger charge is 2.25. The van der Waals surface area contributed by atoms with Crippen LogP contribution in [0.25, 0.3) is 5.69 Å². The standard InChI is InChI=1S/C20H21N5O3/c1-11-7-15(25-10-21-23-24-25)9-16(13(11)3)22-19(26)18-12(2)8-17(28-20(18)27)14-5-4-6-14/h7-10,14H,4-6H2,1-3H3,(H,22,26). The second-order valence-electron chi connectivity index (χ2n) is 7.27. The summed E-state index contributed by atoms with van der Waals surface area (Å²) in [4.78, 5) is 25.3. The Morgan fingerprint density at radius 1 is 1.18 bits per heavy atom. The maximum atomic E-state index is 12.9. The number of carbonyl (C=O) groups excluding carboxylic acids is 1. The number of nitrogens with zero attached hydrogens (tertiary/aromatic N) is 4. The molecule has 0 bridgehead atoms. The molecule has 0 saturated heterocycles. The van der Waals surface area contributed by atoms with Crippen LogP contribution in [0.2, 0.25) is 0 Å². The first kappa shape index (κ1) is 18.1. The molecular formula is C20H21N5O3. The van der Waals surface area contributed by atoms with E-state index in [2.05, 4.69) is 20.8 Å². The number of hydrogen-bond donors (Lipinski definition) is 1. The van der Waals surface area contributed by atoms with Crippen molar-refractivity contribution in [2.75, 3.05) is 5.32 Å². The van der Waals surface area contributed by atoms with Gasteiger partial charge in [-0.25, -0.2) is 9.48 Å². The molecule has 0 spiro atoms. The Kier molecular flexibility index (Phi) is 4.54. The molecule has 4 rings (SSSR count). The van der Waals surface area contributed by atoms with E-state index in [0.29, 0.717) is 28.6 Å². The molecule has 2 aromatic heterocycles. The number of aryl methyl sites for hydroxylation is 2. The molecule has 1 aliphatic carbocycles. The predicted octanol–water partition coefficient (Wildman–Crippen LogP) is 3.06. The van der Waals surface area contributed by atoms with Crippen molar-refractivity contribution in [2.45, 2.75) is 46.0 Å². The molecule has 1 aliphatic rings. The number of rotatable bonds is 4. The molecule has 28 heavy (non-hydrogen) atoms. The summed E-state index contributed by atoms with van der Waals surface area (Å²) in [7, 11) is 0. The number of hydrogen-bond acceptors (Lipinski definition) is 6. The van der Waals surface area contributed by atoms with Gasteiger partial charge in [0.15, 0.2) is 0 Å². The Hall–Kier alpha value is -3.29. The van der Waals surface area contributed by atoms with Crippen LogP contribution in [-0.4, -0.2) is 26.1 Å². The van der Waals surface area contributed by atoms with Crippen LogP contribution >= 0.6 is 0 Å². The smallest absolute Gasteiger partial charge is 0.349 e. The number of benzene rings is 1. The van der Waals surface area contributed by atoms with E-state index in [1.165, 1.54) is 11.0 Å². The van der Waals surface area contributed by atoms with Crippen LogP contribution in [0.15, 0.2) is 33.7 Å². The zero-order valence-electron chi connectivity index (χ0n) is 16.0. The minimum absolute atomic E-state index is 0.0351. The molecule has 1 fully saturated rings. The molecule has 8 heteroatoms. The molecular weight excluding hydrogens is 358 g/mol. The van der Waals surface area contributed by atoms with Crippen molar-refractivity contribution in [3.63, 3.8) is 0 Å². The van der Waals surface area contributed by atoms with Crippen molar-refractivity contribution in [1.29, 1.82) is 0 Å². The molecule has 1 N–H and O–H groups in total. The van der Waals surface area contributed by atoms with E-state index >= 15 is 0 Å². The van der Waals surface area contributed by atoms with Crippen LogP contribution in [-0.2, 0) is 0 Å². The second kappa shape index (κ2) is 7.03. The monoisotopic (exact) mass is 379 g/mol. The maximum absolute atomic E-state index is 12.9. The van der Waals surface area contributed by atoms with Crippen LogP contribution < -0.4 is 10.9 Å². The molecule has 2 heterocycles. The highest BCUT2D eigenvalue weighted by atomic mass is 16.4. The predicted molar refractivity (Wildman–Crippen MR) is 103 cm³/mol. The summed E-state index contributed by atoms with van der Waals surface area (Å²) >= 11 is 0. The van der Waals surface area contributed by atoms with Gasteiger partial charge in [0.05, 0.1) is 5.69 Å². The highest BCUT2D eigenvalue weighted by molar-refractivity contribution is 6.05. The quantitative estimate of drug-likeness (QED) is 0.747. The molecule has 3 aromatic rings. The number of nitrogens with one attached hydrogen (secondary N) is 1. The fourth-order valence-corrected chi connectivity index (χ4v) is 3.37. The maximum Gasteiger partial charge on any atom is 0.349 e. The van der Waals surface area contributed by atoms with E-state index < -0.39 is 11.5 Å². The van der Waals surface area contributed by atoms with Gasteiger partial charge in [-0.3, -0.25) is 4.79 Å². The summed E-state index contributed by atoms with van der Waals surface area (Å²) in [6.45, 7) is 5.61. The minimum atomic E-state index is -0.592. The summed E-state index contributed by atoms with van der Waals surface area (Å²) in [5, 5.41) is 14.0. The van der Waals surface area contributed by atoms with E-state index in [1.807, 2.05) is 26.0 Å². The summed E-state index contributed by atoms with van der Waals surface area (Å²) in [5.74, 6) is 0.488. The van der Waals surface area contributed by atoms with E-state index in [9.17, 15) is 9.59 Å². The van der Waals surface area contributed by atoms with Crippen molar-refractivity contribution in [1.82, 2.24) is 20.2 Å². The topological polar surface area (TPSA) is 103 Å². The van der Waals surface area contributed by atoms with Crippen LogP contribution in [0.1, 0.15) is 58.0 Å². The van der Waals surface area contributed by atoms with E-state index in [1.54, 1.807) is 13.0 Å². The zero-order valence-corrected chi connectivity index (χ0v) is 16.0. The van der Waals surface area contributed by atoms with Crippen molar-refractivity contribution in [2.24, 2.45) is 0 Å². The van der Waals surface area contributed by atoms with Gasteiger partial charge in [0.1, 0.15) is 17.7 Å². The number of carbonyl (C=O) groups is 1. The van der Waals surface area contributed by atoms with Crippen molar-refractivity contribution in [3.8, 4) is 5.69 Å². The largest absolute Gasteiger partial charge is 0.427 e. The molecule has 0 radical (unpaired) electrons. The van der Waals surface area contributed by atoms with Crippen LogP contribution in [0.4, 0.5) is 5.69 Å². The molecule has 1 aromatic carbocycles. The lowest BCUT2D eigenvalue weighted by molar-refractivity contribution is 0.102. The van der Waals surface area contributed by atoms with Crippen molar-refractivity contribution >= 4 is 11.6 Å². The van der Waals surface area contributed by atoms with Gasteiger partial charge >= 0.3 is 5.63 Å².